The quantitative estimate of drug-likeness (QED) is 0.347. The Morgan fingerprint density at radius 1 is 1.06 bits per heavy atom. The van der Waals surface area contributed by atoms with E-state index in [1.807, 2.05) is 0 Å². The van der Waals surface area contributed by atoms with Crippen molar-refractivity contribution in [2.45, 2.75) is 58.4 Å². The first kappa shape index (κ1) is 21.9. The first-order valence-corrected chi connectivity index (χ1v) is 12.6. The maximum Gasteiger partial charge on any atom is 0.118 e. The highest BCUT2D eigenvalue weighted by molar-refractivity contribution is 5.88. The summed E-state index contributed by atoms with van der Waals surface area (Å²) in [6.45, 7) is 11.7. The second-order valence-corrected chi connectivity index (χ2v) is 11.3. The molecule has 2 aliphatic rings. The topological polar surface area (TPSA) is 38.1 Å². The van der Waals surface area contributed by atoms with Gasteiger partial charge in [0, 0.05) is 74.3 Å². The smallest absolute Gasteiger partial charge is 0.118 e. The Kier molecular flexibility index (Phi) is 5.12. The molecular formula is C29H39FN4. The Morgan fingerprint density at radius 2 is 1.85 bits per heavy atom. The minimum Gasteiger partial charge on any atom is -0.361 e. The Hall–Kier alpha value is -2.63. The van der Waals surface area contributed by atoms with Crippen molar-refractivity contribution in [3.8, 4) is 0 Å². The fourth-order valence-corrected chi connectivity index (χ4v) is 6.26. The molecule has 0 unspecified atom stereocenters. The van der Waals surface area contributed by atoms with Gasteiger partial charge in [-0.1, -0.05) is 37.3 Å². The van der Waals surface area contributed by atoms with Crippen LogP contribution in [0.2, 0.25) is 0 Å². The minimum atomic E-state index is -1.27. The highest BCUT2D eigenvalue weighted by atomic mass is 19.1. The van der Waals surface area contributed by atoms with Gasteiger partial charge >= 0.3 is 0 Å². The van der Waals surface area contributed by atoms with Crippen molar-refractivity contribution >= 4 is 21.8 Å². The summed E-state index contributed by atoms with van der Waals surface area (Å²) in [5.41, 5.74) is 6.21. The van der Waals surface area contributed by atoms with Gasteiger partial charge in [0.2, 0.25) is 0 Å². The molecule has 2 N–H and O–H groups in total. The second kappa shape index (κ2) is 7.96. The number of nitrogens with one attached hydrogen (secondary N) is 2. The molecule has 0 amide bonds. The zero-order valence-corrected chi connectivity index (χ0v) is 20.7. The Labute approximate surface area is 204 Å². The number of para-hydroxylation sites is 1. The van der Waals surface area contributed by atoms with Gasteiger partial charge in [-0.2, -0.15) is 0 Å². The summed E-state index contributed by atoms with van der Waals surface area (Å²) >= 11 is 0. The number of hydrogen-bond acceptors (Lipinski definition) is 2. The maximum absolute atomic E-state index is 15.0. The standard InChI is InChI=1S/C29H35FN4.2H2/c1-18-14-33(15-18)16-20-9-10-22-24(13-31-26(22)12-20)28-27-23(21-7-5-6-8-25(21)32-27)11-19(2)34(28)17-29(3,4)30;;/h5-10,12-13,18-19,28,31-32H,11,14-17H2,1-4H3;2*1H/t19-,28-;;/m1../s1. The van der Waals surface area contributed by atoms with Crippen LogP contribution in [0.15, 0.2) is 48.7 Å². The van der Waals surface area contributed by atoms with E-state index < -0.39 is 5.67 Å². The van der Waals surface area contributed by atoms with Crippen LogP contribution >= 0.6 is 0 Å². The van der Waals surface area contributed by atoms with Gasteiger partial charge in [0.25, 0.3) is 0 Å². The lowest BCUT2D eigenvalue weighted by Crippen LogP contribution is -2.47. The molecule has 0 radical (unpaired) electrons. The fourth-order valence-electron chi connectivity index (χ4n) is 6.26. The van der Waals surface area contributed by atoms with E-state index in [0.717, 1.165) is 29.9 Å². The molecule has 2 atom stereocenters. The van der Waals surface area contributed by atoms with E-state index in [1.165, 1.54) is 46.2 Å². The van der Waals surface area contributed by atoms with Gasteiger partial charge in [0.05, 0.1) is 6.04 Å². The van der Waals surface area contributed by atoms with Gasteiger partial charge in [-0.3, -0.25) is 9.80 Å². The summed E-state index contributed by atoms with van der Waals surface area (Å²) in [6, 6.07) is 15.6. The van der Waals surface area contributed by atoms with Gasteiger partial charge in [-0.25, -0.2) is 4.39 Å². The summed E-state index contributed by atoms with van der Waals surface area (Å²) < 4.78 is 15.0. The lowest BCUT2D eigenvalue weighted by Gasteiger charge is -2.42. The number of nitrogens with zero attached hydrogens (tertiary/aromatic N) is 2. The third-order valence-corrected chi connectivity index (χ3v) is 7.69. The van der Waals surface area contributed by atoms with E-state index in [2.05, 4.69) is 82.3 Å². The van der Waals surface area contributed by atoms with Gasteiger partial charge in [-0.15, -0.1) is 0 Å². The van der Waals surface area contributed by atoms with Crippen LogP contribution < -0.4 is 0 Å². The lowest BCUT2D eigenvalue weighted by molar-refractivity contribution is 0.0672. The first-order valence-electron chi connectivity index (χ1n) is 12.6. The van der Waals surface area contributed by atoms with Crippen molar-refractivity contribution in [1.82, 2.24) is 19.8 Å². The molecule has 5 heteroatoms. The van der Waals surface area contributed by atoms with Crippen molar-refractivity contribution in [2.24, 2.45) is 5.92 Å². The second-order valence-electron chi connectivity index (χ2n) is 11.3. The molecule has 34 heavy (non-hydrogen) atoms. The molecule has 4 heterocycles. The average Bonchev–Trinajstić information content (AvgIpc) is 3.33. The van der Waals surface area contributed by atoms with Crippen molar-refractivity contribution in [2.75, 3.05) is 19.6 Å². The molecule has 0 bridgehead atoms. The molecule has 0 spiro atoms. The molecule has 4 nitrogen and oxygen atoms in total. The number of aromatic nitrogens is 2. The summed E-state index contributed by atoms with van der Waals surface area (Å²) in [6.07, 6.45) is 3.07. The van der Waals surface area contributed by atoms with E-state index in [4.69, 9.17) is 0 Å². The van der Waals surface area contributed by atoms with Crippen LogP contribution in [-0.2, 0) is 13.0 Å². The number of likely N-dealkylation sites (tertiary alicyclic amines) is 1. The van der Waals surface area contributed by atoms with Crippen LogP contribution in [-0.4, -0.2) is 51.1 Å². The lowest BCUT2D eigenvalue weighted by atomic mass is 9.87. The number of alkyl halides is 1. The number of rotatable bonds is 5. The van der Waals surface area contributed by atoms with Crippen molar-refractivity contribution in [1.29, 1.82) is 0 Å². The van der Waals surface area contributed by atoms with E-state index in [0.29, 0.717) is 6.54 Å². The Bertz CT molecular complexity index is 1350. The zero-order chi connectivity index (χ0) is 23.6. The predicted molar refractivity (Wildman–Crippen MR) is 142 cm³/mol. The molecule has 182 valence electrons. The minimum absolute atomic E-state index is 0. The highest BCUT2D eigenvalue weighted by Crippen LogP contribution is 2.43. The number of halogens is 1. The van der Waals surface area contributed by atoms with E-state index in [1.54, 1.807) is 13.8 Å². The van der Waals surface area contributed by atoms with Gasteiger partial charge in [0.1, 0.15) is 5.67 Å². The van der Waals surface area contributed by atoms with E-state index in [9.17, 15) is 0 Å². The summed E-state index contributed by atoms with van der Waals surface area (Å²) in [5, 5.41) is 2.52. The van der Waals surface area contributed by atoms with E-state index in [-0.39, 0.29) is 14.9 Å². The third kappa shape index (κ3) is 3.75. The van der Waals surface area contributed by atoms with Crippen LogP contribution in [0, 0.1) is 5.92 Å². The van der Waals surface area contributed by atoms with Crippen LogP contribution in [0.4, 0.5) is 4.39 Å². The average molecular weight is 463 g/mol. The van der Waals surface area contributed by atoms with Crippen LogP contribution in [0.3, 0.4) is 0 Å². The number of hydrogen-bond donors (Lipinski definition) is 2. The number of aromatic amines is 2. The predicted octanol–water partition coefficient (Wildman–Crippen LogP) is 6.68. The summed E-state index contributed by atoms with van der Waals surface area (Å²) in [5.74, 6) is 0.811. The molecule has 6 rings (SSSR count). The molecule has 0 saturated carbocycles. The molecule has 2 aliphatic heterocycles. The molecule has 4 aromatic rings. The van der Waals surface area contributed by atoms with Crippen molar-refractivity contribution in [3.05, 3.63) is 71.0 Å². The Balaban J connectivity index is 0.00000152. The molecular weight excluding hydrogens is 423 g/mol. The molecule has 2 aromatic heterocycles. The molecule has 2 aromatic carbocycles. The largest absolute Gasteiger partial charge is 0.361 e. The third-order valence-electron chi connectivity index (χ3n) is 7.69. The number of benzene rings is 2. The van der Waals surface area contributed by atoms with Crippen LogP contribution in [0.1, 0.15) is 59.0 Å². The number of fused-ring (bicyclic) bond motifs is 4. The molecule has 1 saturated heterocycles. The summed E-state index contributed by atoms with van der Waals surface area (Å²) in [4.78, 5) is 12.1. The highest BCUT2D eigenvalue weighted by Gasteiger charge is 2.39. The van der Waals surface area contributed by atoms with Gasteiger partial charge in [-0.05, 0) is 56.4 Å². The van der Waals surface area contributed by atoms with Crippen molar-refractivity contribution < 1.29 is 7.24 Å². The monoisotopic (exact) mass is 462 g/mol. The fraction of sp³-hybridized carbons (Fsp3) is 0.448. The van der Waals surface area contributed by atoms with Gasteiger partial charge < -0.3 is 9.97 Å². The van der Waals surface area contributed by atoms with Gasteiger partial charge in [0.15, 0.2) is 0 Å². The SMILES string of the molecule is CC1CN(Cc2ccc3c([C@@H]4c5[nH]c6ccccc6c5C[C@@H](C)N4CC(C)(C)F)c[nH]c3c2)C1.[HH].[HH]. The normalized spacial score (nSPS) is 22.4. The maximum atomic E-state index is 15.0. The van der Waals surface area contributed by atoms with Crippen LogP contribution in [0.5, 0.6) is 0 Å². The summed E-state index contributed by atoms with van der Waals surface area (Å²) in [7, 11) is 0. The van der Waals surface area contributed by atoms with E-state index >= 15 is 4.39 Å². The Morgan fingerprint density at radius 3 is 2.62 bits per heavy atom. The number of H-pyrrole nitrogens is 2. The molecule has 0 aliphatic carbocycles. The van der Waals surface area contributed by atoms with Crippen molar-refractivity contribution in [3.63, 3.8) is 0 Å². The van der Waals surface area contributed by atoms with Crippen LogP contribution in [0.25, 0.3) is 21.8 Å². The first-order chi connectivity index (χ1) is 16.3. The molecule has 1 fully saturated rings. The zero-order valence-electron chi connectivity index (χ0n) is 20.7.